The minimum atomic E-state index is 0.0669. The lowest BCUT2D eigenvalue weighted by Crippen LogP contribution is -2.50. The standard InChI is InChI=1S/C14H27N3O2/c1-11(2)15-14(19)17-8-4-5-12(17)9-16-7-3-6-13(16)10-18/h11-13,18H,3-10H2,1-2H3,(H,15,19). The third kappa shape index (κ3) is 3.60. The molecule has 2 aliphatic rings. The lowest BCUT2D eigenvalue weighted by atomic mass is 10.2. The molecule has 0 aromatic heterocycles. The van der Waals surface area contributed by atoms with Crippen molar-refractivity contribution in [3.8, 4) is 0 Å². The largest absolute Gasteiger partial charge is 0.395 e. The number of aliphatic hydroxyl groups excluding tert-OH is 1. The highest BCUT2D eigenvalue weighted by atomic mass is 16.3. The summed E-state index contributed by atoms with van der Waals surface area (Å²) in [6, 6.07) is 0.865. The van der Waals surface area contributed by atoms with Gasteiger partial charge in [-0.2, -0.15) is 0 Å². The van der Waals surface area contributed by atoms with Crippen molar-refractivity contribution in [1.82, 2.24) is 15.1 Å². The van der Waals surface area contributed by atoms with Gasteiger partial charge in [0.1, 0.15) is 0 Å². The zero-order valence-corrected chi connectivity index (χ0v) is 12.1. The molecule has 0 aliphatic carbocycles. The van der Waals surface area contributed by atoms with Crippen molar-refractivity contribution in [1.29, 1.82) is 0 Å². The number of nitrogens with zero attached hydrogens (tertiary/aromatic N) is 2. The number of aliphatic hydroxyl groups is 1. The molecule has 0 saturated carbocycles. The number of carbonyl (C=O) groups is 1. The Bertz CT molecular complexity index is 309. The second-order valence-electron chi connectivity index (χ2n) is 6.07. The highest BCUT2D eigenvalue weighted by Crippen LogP contribution is 2.23. The van der Waals surface area contributed by atoms with Crippen LogP contribution in [0.2, 0.25) is 0 Å². The summed E-state index contributed by atoms with van der Waals surface area (Å²) < 4.78 is 0. The Morgan fingerprint density at radius 2 is 1.95 bits per heavy atom. The molecule has 0 aromatic rings. The predicted octanol–water partition coefficient (Wildman–Crippen LogP) is 1.03. The maximum atomic E-state index is 12.1. The van der Waals surface area contributed by atoms with Crippen LogP contribution in [0.5, 0.6) is 0 Å². The summed E-state index contributed by atoms with van der Waals surface area (Å²) in [7, 11) is 0. The summed E-state index contributed by atoms with van der Waals surface area (Å²) in [5.41, 5.74) is 0. The lowest BCUT2D eigenvalue weighted by Gasteiger charge is -2.31. The summed E-state index contributed by atoms with van der Waals surface area (Å²) in [5, 5.41) is 12.4. The van der Waals surface area contributed by atoms with E-state index in [2.05, 4.69) is 10.2 Å². The fourth-order valence-corrected chi connectivity index (χ4v) is 3.24. The molecule has 0 bridgehead atoms. The second-order valence-corrected chi connectivity index (χ2v) is 6.07. The van der Waals surface area contributed by atoms with Crippen LogP contribution in [0.1, 0.15) is 39.5 Å². The van der Waals surface area contributed by atoms with Crippen molar-refractivity contribution in [2.24, 2.45) is 0 Å². The SMILES string of the molecule is CC(C)NC(=O)N1CCCC1CN1CCCC1CO. The van der Waals surface area contributed by atoms with E-state index >= 15 is 0 Å². The Morgan fingerprint density at radius 1 is 1.26 bits per heavy atom. The van der Waals surface area contributed by atoms with Crippen LogP contribution in [0, 0.1) is 0 Å². The number of amides is 2. The number of rotatable bonds is 4. The Morgan fingerprint density at radius 3 is 2.63 bits per heavy atom. The summed E-state index contributed by atoms with van der Waals surface area (Å²) in [5.74, 6) is 0. The number of likely N-dealkylation sites (tertiary alicyclic amines) is 2. The van der Waals surface area contributed by atoms with Gasteiger partial charge in [0.15, 0.2) is 0 Å². The molecule has 5 heteroatoms. The average Bonchev–Trinajstić information content (AvgIpc) is 2.97. The van der Waals surface area contributed by atoms with Gasteiger partial charge in [-0.3, -0.25) is 4.90 Å². The number of hydrogen-bond donors (Lipinski definition) is 2. The van der Waals surface area contributed by atoms with E-state index in [9.17, 15) is 9.90 Å². The Kier molecular flexibility index (Phi) is 5.05. The highest BCUT2D eigenvalue weighted by Gasteiger charge is 2.33. The Hall–Kier alpha value is -0.810. The molecule has 0 aromatic carbocycles. The molecule has 0 spiro atoms. The molecule has 5 nitrogen and oxygen atoms in total. The van der Waals surface area contributed by atoms with Crippen LogP contribution in [0.25, 0.3) is 0 Å². The second kappa shape index (κ2) is 6.57. The molecular formula is C14H27N3O2. The molecule has 2 saturated heterocycles. The molecule has 2 fully saturated rings. The lowest BCUT2D eigenvalue weighted by molar-refractivity contribution is 0.126. The third-order valence-electron chi connectivity index (χ3n) is 4.21. The van der Waals surface area contributed by atoms with Gasteiger partial charge in [0.05, 0.1) is 6.61 Å². The predicted molar refractivity (Wildman–Crippen MR) is 75.1 cm³/mol. The van der Waals surface area contributed by atoms with Gasteiger partial charge in [-0.05, 0) is 46.1 Å². The number of hydrogen-bond acceptors (Lipinski definition) is 3. The van der Waals surface area contributed by atoms with Crippen LogP contribution in [0.4, 0.5) is 4.79 Å². The summed E-state index contributed by atoms with van der Waals surface area (Å²) >= 11 is 0. The minimum Gasteiger partial charge on any atom is -0.395 e. The first-order valence-electron chi connectivity index (χ1n) is 7.54. The average molecular weight is 269 g/mol. The van der Waals surface area contributed by atoms with E-state index in [0.29, 0.717) is 12.1 Å². The quantitative estimate of drug-likeness (QED) is 0.801. The fourth-order valence-electron chi connectivity index (χ4n) is 3.24. The number of urea groups is 1. The fraction of sp³-hybridized carbons (Fsp3) is 0.929. The van der Waals surface area contributed by atoms with E-state index in [4.69, 9.17) is 0 Å². The maximum Gasteiger partial charge on any atom is 0.317 e. The summed E-state index contributed by atoms with van der Waals surface area (Å²) in [4.78, 5) is 16.5. The first-order valence-corrected chi connectivity index (χ1v) is 7.54. The molecule has 2 atom stereocenters. The molecule has 0 radical (unpaired) electrons. The summed E-state index contributed by atoms with van der Waals surface area (Å²) in [6.45, 7) is 7.06. The molecule has 110 valence electrons. The Balaban J connectivity index is 1.89. The Labute approximate surface area is 115 Å². The molecule has 19 heavy (non-hydrogen) atoms. The number of carbonyl (C=O) groups excluding carboxylic acids is 1. The van der Waals surface area contributed by atoms with E-state index in [0.717, 1.165) is 45.3 Å². The zero-order valence-electron chi connectivity index (χ0n) is 12.1. The summed E-state index contributed by atoms with van der Waals surface area (Å²) in [6.07, 6.45) is 4.42. The van der Waals surface area contributed by atoms with Crippen LogP contribution >= 0.6 is 0 Å². The van der Waals surface area contributed by atoms with Crippen LogP contribution in [0.3, 0.4) is 0 Å². The third-order valence-corrected chi connectivity index (χ3v) is 4.21. The first kappa shape index (κ1) is 14.6. The molecule has 2 aliphatic heterocycles. The van der Waals surface area contributed by atoms with Crippen LogP contribution < -0.4 is 5.32 Å². The highest BCUT2D eigenvalue weighted by molar-refractivity contribution is 5.75. The van der Waals surface area contributed by atoms with Crippen molar-refractivity contribution in [3.05, 3.63) is 0 Å². The topological polar surface area (TPSA) is 55.8 Å². The van der Waals surface area contributed by atoms with Gasteiger partial charge >= 0.3 is 6.03 Å². The van der Waals surface area contributed by atoms with Gasteiger partial charge in [-0.1, -0.05) is 0 Å². The van der Waals surface area contributed by atoms with Gasteiger partial charge in [-0.25, -0.2) is 4.79 Å². The van der Waals surface area contributed by atoms with Crippen LogP contribution in [-0.2, 0) is 0 Å². The van der Waals surface area contributed by atoms with Gasteiger partial charge < -0.3 is 15.3 Å². The zero-order chi connectivity index (χ0) is 13.8. The van der Waals surface area contributed by atoms with E-state index < -0.39 is 0 Å². The van der Waals surface area contributed by atoms with E-state index in [1.807, 2.05) is 18.7 Å². The van der Waals surface area contributed by atoms with Gasteiger partial charge in [0, 0.05) is 31.2 Å². The van der Waals surface area contributed by atoms with E-state index in [1.165, 1.54) is 0 Å². The van der Waals surface area contributed by atoms with Gasteiger partial charge in [0.25, 0.3) is 0 Å². The van der Waals surface area contributed by atoms with Crippen molar-refractivity contribution >= 4 is 6.03 Å². The molecule has 2 unspecified atom stereocenters. The van der Waals surface area contributed by atoms with Crippen molar-refractivity contribution in [3.63, 3.8) is 0 Å². The monoisotopic (exact) mass is 269 g/mol. The van der Waals surface area contributed by atoms with Crippen molar-refractivity contribution in [2.75, 3.05) is 26.2 Å². The molecule has 2 amide bonds. The maximum absolute atomic E-state index is 12.1. The van der Waals surface area contributed by atoms with Crippen molar-refractivity contribution in [2.45, 2.75) is 57.7 Å². The van der Waals surface area contributed by atoms with E-state index in [-0.39, 0.29) is 18.7 Å². The number of nitrogens with one attached hydrogen (secondary N) is 1. The van der Waals surface area contributed by atoms with Gasteiger partial charge in [-0.15, -0.1) is 0 Å². The van der Waals surface area contributed by atoms with Gasteiger partial charge in [0.2, 0.25) is 0 Å². The molecule has 2 N–H and O–H groups in total. The smallest absolute Gasteiger partial charge is 0.317 e. The molecule has 2 rings (SSSR count). The minimum absolute atomic E-state index is 0.0669. The van der Waals surface area contributed by atoms with Crippen molar-refractivity contribution < 1.29 is 9.90 Å². The van der Waals surface area contributed by atoms with Crippen LogP contribution in [-0.4, -0.2) is 65.3 Å². The molecule has 2 heterocycles. The normalized spacial score (nSPS) is 28.3. The molecular weight excluding hydrogens is 242 g/mol. The van der Waals surface area contributed by atoms with Crippen LogP contribution in [0.15, 0.2) is 0 Å². The first-order chi connectivity index (χ1) is 9.11. The van der Waals surface area contributed by atoms with E-state index in [1.54, 1.807) is 0 Å².